The first-order valence-corrected chi connectivity index (χ1v) is 6.98. The minimum Gasteiger partial charge on any atom is -0.493 e. The summed E-state index contributed by atoms with van der Waals surface area (Å²) in [5.74, 6) is 1.84. The summed E-state index contributed by atoms with van der Waals surface area (Å²) in [6.07, 6.45) is 3.60. The Kier molecular flexibility index (Phi) is 4.95. The number of hydrogen-bond donors (Lipinski definition) is 2. The fourth-order valence-electron chi connectivity index (χ4n) is 1.91. The molecule has 0 aromatic heterocycles. The maximum atomic E-state index is 11.8. The van der Waals surface area contributed by atoms with Crippen LogP contribution in [0.3, 0.4) is 0 Å². The van der Waals surface area contributed by atoms with Crippen molar-refractivity contribution in [3.05, 3.63) is 17.2 Å². The van der Waals surface area contributed by atoms with Gasteiger partial charge in [0.05, 0.1) is 24.9 Å². The van der Waals surface area contributed by atoms with Crippen LogP contribution in [0.4, 0.5) is 10.5 Å². The average Bonchev–Trinajstić information content (AvgIpc) is 3.24. The van der Waals surface area contributed by atoms with Gasteiger partial charge in [-0.2, -0.15) is 0 Å². The number of rotatable bonds is 6. The minimum atomic E-state index is -0.264. The minimum absolute atomic E-state index is 0.264. The van der Waals surface area contributed by atoms with Crippen LogP contribution in [0.25, 0.3) is 0 Å². The van der Waals surface area contributed by atoms with E-state index in [4.69, 9.17) is 21.1 Å². The summed E-state index contributed by atoms with van der Waals surface area (Å²) in [7, 11) is 3.07. The van der Waals surface area contributed by atoms with E-state index >= 15 is 0 Å². The van der Waals surface area contributed by atoms with Crippen molar-refractivity contribution in [2.24, 2.45) is 5.92 Å². The zero-order valence-electron chi connectivity index (χ0n) is 11.7. The van der Waals surface area contributed by atoms with Crippen molar-refractivity contribution in [1.82, 2.24) is 5.32 Å². The van der Waals surface area contributed by atoms with E-state index < -0.39 is 0 Å². The number of halogens is 1. The molecule has 5 nitrogen and oxygen atoms in total. The largest absolute Gasteiger partial charge is 0.493 e. The lowest BCUT2D eigenvalue weighted by Gasteiger charge is -2.13. The summed E-state index contributed by atoms with van der Waals surface area (Å²) in [6.45, 7) is 0.682. The number of benzene rings is 1. The Morgan fingerprint density at radius 1 is 1.30 bits per heavy atom. The van der Waals surface area contributed by atoms with E-state index in [-0.39, 0.29) is 6.03 Å². The molecule has 0 saturated heterocycles. The SMILES string of the molecule is COc1cc(Cl)c(NC(=O)NCCC2CC2)cc1OC. The molecule has 1 fully saturated rings. The molecule has 1 aromatic carbocycles. The van der Waals surface area contributed by atoms with Gasteiger partial charge >= 0.3 is 6.03 Å². The van der Waals surface area contributed by atoms with Gasteiger partial charge in [-0.25, -0.2) is 4.79 Å². The zero-order valence-corrected chi connectivity index (χ0v) is 12.4. The molecule has 6 heteroatoms. The predicted molar refractivity (Wildman–Crippen MR) is 78.9 cm³/mol. The molecule has 2 rings (SSSR count). The Bertz CT molecular complexity index is 490. The van der Waals surface area contributed by atoms with Crippen LogP contribution in [-0.2, 0) is 0 Å². The van der Waals surface area contributed by atoms with Crippen LogP contribution in [0.5, 0.6) is 11.5 Å². The number of nitrogens with one attached hydrogen (secondary N) is 2. The maximum absolute atomic E-state index is 11.8. The molecule has 0 atom stereocenters. The van der Waals surface area contributed by atoms with Gasteiger partial charge in [-0.05, 0) is 12.3 Å². The molecule has 20 heavy (non-hydrogen) atoms. The van der Waals surface area contributed by atoms with Crippen LogP contribution in [-0.4, -0.2) is 26.8 Å². The Balaban J connectivity index is 1.94. The van der Waals surface area contributed by atoms with Gasteiger partial charge in [-0.3, -0.25) is 0 Å². The normalized spacial score (nSPS) is 13.8. The quantitative estimate of drug-likeness (QED) is 0.847. The van der Waals surface area contributed by atoms with Gasteiger partial charge in [0.25, 0.3) is 0 Å². The highest BCUT2D eigenvalue weighted by Gasteiger charge is 2.20. The van der Waals surface area contributed by atoms with E-state index in [2.05, 4.69) is 10.6 Å². The van der Waals surface area contributed by atoms with Crippen LogP contribution in [0, 0.1) is 5.92 Å². The Morgan fingerprint density at radius 3 is 2.55 bits per heavy atom. The highest BCUT2D eigenvalue weighted by molar-refractivity contribution is 6.34. The summed E-state index contributed by atoms with van der Waals surface area (Å²) in [5, 5.41) is 5.93. The second-order valence-electron chi connectivity index (χ2n) is 4.80. The second-order valence-corrected chi connectivity index (χ2v) is 5.21. The van der Waals surface area contributed by atoms with E-state index in [1.807, 2.05) is 0 Å². The van der Waals surface area contributed by atoms with Gasteiger partial charge in [0.2, 0.25) is 0 Å². The molecule has 2 N–H and O–H groups in total. The number of urea groups is 1. The summed E-state index contributed by atoms with van der Waals surface area (Å²) in [6, 6.07) is 2.99. The molecular weight excluding hydrogens is 280 g/mol. The fourth-order valence-corrected chi connectivity index (χ4v) is 2.11. The maximum Gasteiger partial charge on any atom is 0.319 e. The molecule has 0 spiro atoms. The molecular formula is C14H19ClN2O3. The molecule has 0 radical (unpaired) electrons. The number of anilines is 1. The summed E-state index contributed by atoms with van der Waals surface area (Å²) in [5.41, 5.74) is 0.494. The molecule has 0 bridgehead atoms. The Hall–Kier alpha value is -1.62. The number of amides is 2. The highest BCUT2D eigenvalue weighted by Crippen LogP contribution is 2.36. The molecule has 1 aliphatic rings. The lowest BCUT2D eigenvalue weighted by Crippen LogP contribution is -2.29. The lowest BCUT2D eigenvalue weighted by atomic mass is 10.2. The summed E-state index contributed by atoms with van der Waals surface area (Å²) >= 11 is 6.10. The van der Waals surface area contributed by atoms with Gasteiger partial charge in [0.15, 0.2) is 11.5 Å². The molecule has 1 saturated carbocycles. The van der Waals surface area contributed by atoms with Crippen LogP contribution in [0.15, 0.2) is 12.1 Å². The van der Waals surface area contributed by atoms with E-state index in [1.54, 1.807) is 12.1 Å². The Morgan fingerprint density at radius 2 is 1.95 bits per heavy atom. The van der Waals surface area contributed by atoms with Crippen molar-refractivity contribution in [3.63, 3.8) is 0 Å². The first-order chi connectivity index (χ1) is 9.63. The standard InChI is InChI=1S/C14H19ClN2O3/c1-19-12-7-10(15)11(8-13(12)20-2)17-14(18)16-6-5-9-3-4-9/h7-9H,3-6H2,1-2H3,(H2,16,17,18). The third-order valence-electron chi connectivity index (χ3n) is 3.26. The average molecular weight is 299 g/mol. The first kappa shape index (κ1) is 14.8. The highest BCUT2D eigenvalue weighted by atomic mass is 35.5. The topological polar surface area (TPSA) is 59.6 Å². The van der Waals surface area contributed by atoms with Crippen molar-refractivity contribution in [3.8, 4) is 11.5 Å². The van der Waals surface area contributed by atoms with E-state index in [1.165, 1.54) is 27.1 Å². The Labute approximate surface area is 123 Å². The molecule has 0 aliphatic heterocycles. The van der Waals surface area contributed by atoms with E-state index in [0.29, 0.717) is 28.8 Å². The number of carbonyl (C=O) groups excluding carboxylic acids is 1. The van der Waals surface area contributed by atoms with E-state index in [9.17, 15) is 4.79 Å². The summed E-state index contributed by atoms with van der Waals surface area (Å²) in [4.78, 5) is 11.8. The van der Waals surface area contributed by atoms with Crippen LogP contribution in [0.2, 0.25) is 5.02 Å². The monoisotopic (exact) mass is 298 g/mol. The van der Waals surface area contributed by atoms with E-state index in [0.717, 1.165) is 12.3 Å². The van der Waals surface area contributed by atoms with Crippen LogP contribution < -0.4 is 20.1 Å². The molecule has 0 heterocycles. The van der Waals surface area contributed by atoms with Crippen molar-refractivity contribution in [1.29, 1.82) is 0 Å². The number of ether oxygens (including phenoxy) is 2. The van der Waals surface area contributed by atoms with Gasteiger partial charge in [0.1, 0.15) is 0 Å². The lowest BCUT2D eigenvalue weighted by molar-refractivity contribution is 0.252. The third-order valence-corrected chi connectivity index (χ3v) is 3.57. The van der Waals surface area contributed by atoms with Gasteiger partial charge < -0.3 is 20.1 Å². The van der Waals surface area contributed by atoms with Crippen molar-refractivity contribution >= 4 is 23.3 Å². The van der Waals surface area contributed by atoms with Crippen molar-refractivity contribution in [2.75, 3.05) is 26.1 Å². The van der Waals surface area contributed by atoms with Crippen molar-refractivity contribution < 1.29 is 14.3 Å². The molecule has 110 valence electrons. The van der Waals surface area contributed by atoms with Crippen LogP contribution >= 0.6 is 11.6 Å². The predicted octanol–water partition coefficient (Wildman–Crippen LogP) is 3.28. The van der Waals surface area contributed by atoms with Crippen molar-refractivity contribution in [2.45, 2.75) is 19.3 Å². The molecule has 0 unspecified atom stereocenters. The number of methoxy groups -OCH3 is 2. The second kappa shape index (κ2) is 6.70. The number of carbonyl (C=O) groups is 1. The first-order valence-electron chi connectivity index (χ1n) is 6.60. The molecule has 1 aliphatic carbocycles. The third kappa shape index (κ3) is 3.93. The smallest absolute Gasteiger partial charge is 0.319 e. The van der Waals surface area contributed by atoms with Crippen LogP contribution in [0.1, 0.15) is 19.3 Å². The molecule has 1 aromatic rings. The van der Waals surface area contributed by atoms with Gasteiger partial charge in [-0.1, -0.05) is 24.4 Å². The van der Waals surface area contributed by atoms with Gasteiger partial charge in [-0.15, -0.1) is 0 Å². The zero-order chi connectivity index (χ0) is 14.5. The summed E-state index contributed by atoms with van der Waals surface area (Å²) < 4.78 is 10.3. The number of hydrogen-bond acceptors (Lipinski definition) is 3. The fraction of sp³-hybridized carbons (Fsp3) is 0.500. The molecule has 2 amide bonds. The van der Waals surface area contributed by atoms with Gasteiger partial charge in [0, 0.05) is 18.7 Å².